The van der Waals surface area contributed by atoms with Crippen LogP contribution in [0.4, 0.5) is 4.39 Å². The summed E-state index contributed by atoms with van der Waals surface area (Å²) in [4.78, 5) is 12.6. The number of aliphatic hydroxyl groups is 1. The summed E-state index contributed by atoms with van der Waals surface area (Å²) < 4.78 is 13.3. The Morgan fingerprint density at radius 1 is 0.893 bits per heavy atom. The van der Waals surface area contributed by atoms with Crippen LogP contribution in [0.3, 0.4) is 0 Å². The topological polar surface area (TPSA) is 49.3 Å². The molecule has 0 fully saturated rings. The molecule has 0 aromatic heterocycles. The Bertz CT molecular complexity index is 1040. The summed E-state index contributed by atoms with van der Waals surface area (Å²) >= 11 is 18.0. The quantitative estimate of drug-likeness (QED) is 0.523. The Balaban J connectivity index is 1.86. The molecule has 28 heavy (non-hydrogen) atoms. The molecule has 3 rings (SSSR count). The number of hydrogen-bond donors (Lipinski definition) is 2. The van der Waals surface area contributed by atoms with E-state index in [0.717, 1.165) is 5.56 Å². The predicted octanol–water partition coefficient (Wildman–Crippen LogP) is 5.88. The van der Waals surface area contributed by atoms with Crippen molar-refractivity contribution >= 4 is 40.7 Å². The van der Waals surface area contributed by atoms with Crippen LogP contribution < -0.4 is 5.32 Å². The van der Waals surface area contributed by atoms with Crippen LogP contribution in [0.25, 0.3) is 11.1 Å². The summed E-state index contributed by atoms with van der Waals surface area (Å²) in [6.07, 6.45) is 0. The first-order valence-electron chi connectivity index (χ1n) is 8.30. The van der Waals surface area contributed by atoms with Crippen molar-refractivity contribution in [3.63, 3.8) is 0 Å². The third-order valence-electron chi connectivity index (χ3n) is 4.12. The highest BCUT2D eigenvalue weighted by Crippen LogP contribution is 2.30. The lowest BCUT2D eigenvalue weighted by Gasteiger charge is -2.11. The maximum atomic E-state index is 13.3. The molecule has 0 radical (unpaired) electrons. The van der Waals surface area contributed by atoms with Gasteiger partial charge in [0, 0.05) is 17.7 Å². The van der Waals surface area contributed by atoms with E-state index in [2.05, 4.69) is 5.32 Å². The van der Waals surface area contributed by atoms with Crippen molar-refractivity contribution < 1.29 is 14.3 Å². The number of carbonyl (C=O) groups is 1. The highest BCUT2D eigenvalue weighted by atomic mass is 35.5. The summed E-state index contributed by atoms with van der Waals surface area (Å²) in [5, 5.41) is 13.4. The summed E-state index contributed by atoms with van der Waals surface area (Å²) in [5.74, 6) is -0.785. The van der Waals surface area contributed by atoms with E-state index in [0.29, 0.717) is 32.3 Å². The smallest absolute Gasteiger partial charge is 0.251 e. The van der Waals surface area contributed by atoms with Crippen LogP contribution in [0.1, 0.15) is 21.5 Å². The van der Waals surface area contributed by atoms with Gasteiger partial charge in [0.15, 0.2) is 0 Å². The van der Waals surface area contributed by atoms with Gasteiger partial charge >= 0.3 is 0 Å². The van der Waals surface area contributed by atoms with Crippen LogP contribution in [0.15, 0.2) is 54.6 Å². The molecule has 144 valence electrons. The monoisotopic (exact) mass is 437 g/mol. The Morgan fingerprint density at radius 2 is 1.68 bits per heavy atom. The lowest BCUT2D eigenvalue weighted by atomic mass is 9.99. The largest absolute Gasteiger partial charge is 0.392 e. The van der Waals surface area contributed by atoms with Crippen molar-refractivity contribution in [3.8, 4) is 11.1 Å². The molecule has 0 aliphatic rings. The molecule has 0 saturated carbocycles. The van der Waals surface area contributed by atoms with Crippen molar-refractivity contribution in [2.45, 2.75) is 13.2 Å². The van der Waals surface area contributed by atoms with Gasteiger partial charge in [0.05, 0.1) is 21.7 Å². The first kappa shape index (κ1) is 20.6. The third kappa shape index (κ3) is 4.83. The molecule has 3 aromatic carbocycles. The van der Waals surface area contributed by atoms with Gasteiger partial charge in [0.1, 0.15) is 5.82 Å². The number of hydrogen-bond acceptors (Lipinski definition) is 2. The minimum Gasteiger partial charge on any atom is -0.392 e. The average Bonchev–Trinajstić information content (AvgIpc) is 2.68. The van der Waals surface area contributed by atoms with Gasteiger partial charge in [-0.3, -0.25) is 4.79 Å². The third-order valence-corrected chi connectivity index (χ3v) is 5.17. The van der Waals surface area contributed by atoms with Crippen molar-refractivity contribution in [1.82, 2.24) is 5.32 Å². The van der Waals surface area contributed by atoms with Crippen LogP contribution in [0.2, 0.25) is 15.1 Å². The van der Waals surface area contributed by atoms with Crippen molar-refractivity contribution in [1.29, 1.82) is 0 Å². The van der Waals surface area contributed by atoms with E-state index >= 15 is 0 Å². The second-order valence-electron chi connectivity index (χ2n) is 6.13. The van der Waals surface area contributed by atoms with Gasteiger partial charge in [-0.25, -0.2) is 4.39 Å². The van der Waals surface area contributed by atoms with Gasteiger partial charge in [0.2, 0.25) is 0 Å². The molecule has 3 aromatic rings. The first-order valence-corrected chi connectivity index (χ1v) is 9.43. The number of benzene rings is 3. The molecule has 0 unspecified atom stereocenters. The maximum absolute atomic E-state index is 13.3. The molecule has 0 aliphatic carbocycles. The van der Waals surface area contributed by atoms with Gasteiger partial charge in [0.25, 0.3) is 5.91 Å². The predicted molar refractivity (Wildman–Crippen MR) is 110 cm³/mol. The molecule has 3 nitrogen and oxygen atoms in total. The molecule has 2 N–H and O–H groups in total. The second kappa shape index (κ2) is 8.93. The summed E-state index contributed by atoms with van der Waals surface area (Å²) in [6.45, 7) is 0.00540. The number of amides is 1. The SMILES string of the molecule is O=C(NCc1ccc(Cl)c(Cl)c1)c1cc(CO)cc(-c2ccc(F)cc2Cl)c1. The van der Waals surface area contributed by atoms with Gasteiger partial charge in [-0.05, 0) is 65.2 Å². The number of rotatable bonds is 5. The molecule has 1 amide bonds. The molecular formula is C21H15Cl3FNO2. The highest BCUT2D eigenvalue weighted by molar-refractivity contribution is 6.42. The molecular weight excluding hydrogens is 424 g/mol. The van der Waals surface area contributed by atoms with Gasteiger partial charge in [-0.15, -0.1) is 0 Å². The van der Waals surface area contributed by atoms with Crippen molar-refractivity contribution in [2.24, 2.45) is 0 Å². The average molecular weight is 439 g/mol. The van der Waals surface area contributed by atoms with E-state index in [1.54, 1.807) is 36.4 Å². The van der Waals surface area contributed by atoms with Crippen molar-refractivity contribution in [3.05, 3.63) is 92.2 Å². The van der Waals surface area contributed by atoms with E-state index in [9.17, 15) is 14.3 Å². The molecule has 0 aliphatic heterocycles. The lowest BCUT2D eigenvalue weighted by Crippen LogP contribution is -2.23. The maximum Gasteiger partial charge on any atom is 0.251 e. The van der Waals surface area contributed by atoms with Crippen molar-refractivity contribution in [2.75, 3.05) is 0 Å². The fourth-order valence-corrected chi connectivity index (χ4v) is 3.32. The second-order valence-corrected chi connectivity index (χ2v) is 7.35. The Kier molecular flexibility index (Phi) is 6.57. The van der Waals surface area contributed by atoms with E-state index in [4.69, 9.17) is 34.8 Å². The number of nitrogens with one attached hydrogen (secondary N) is 1. The van der Waals surface area contributed by atoms with Crippen LogP contribution in [-0.2, 0) is 13.2 Å². The van der Waals surface area contributed by atoms with E-state index < -0.39 is 5.82 Å². The number of halogens is 4. The Morgan fingerprint density at radius 3 is 2.36 bits per heavy atom. The summed E-state index contributed by atoms with van der Waals surface area (Å²) in [7, 11) is 0. The number of aliphatic hydroxyl groups excluding tert-OH is 1. The highest BCUT2D eigenvalue weighted by Gasteiger charge is 2.12. The van der Waals surface area contributed by atoms with Crippen LogP contribution in [0, 0.1) is 5.82 Å². The van der Waals surface area contributed by atoms with E-state index in [1.165, 1.54) is 18.2 Å². The molecule has 0 heterocycles. The first-order chi connectivity index (χ1) is 13.4. The Labute approximate surface area is 176 Å². The molecule has 0 spiro atoms. The molecule has 7 heteroatoms. The fraction of sp³-hybridized carbons (Fsp3) is 0.0952. The van der Waals surface area contributed by atoms with E-state index in [-0.39, 0.29) is 24.1 Å². The summed E-state index contributed by atoms with van der Waals surface area (Å²) in [6, 6.07) is 14.1. The standard InChI is InChI=1S/C21H15Cl3FNO2/c22-18-4-1-12(7-20(18)24)10-26-21(28)15-6-13(11-27)5-14(8-15)17-3-2-16(25)9-19(17)23/h1-9,27H,10-11H2,(H,26,28). The van der Waals surface area contributed by atoms with Gasteiger partial charge < -0.3 is 10.4 Å². The van der Waals surface area contributed by atoms with Gasteiger partial charge in [-0.1, -0.05) is 40.9 Å². The lowest BCUT2D eigenvalue weighted by molar-refractivity contribution is 0.0950. The number of carbonyl (C=O) groups excluding carboxylic acids is 1. The Hall–Kier alpha value is -2.11. The zero-order chi connectivity index (χ0) is 20.3. The molecule has 0 atom stereocenters. The molecule has 0 saturated heterocycles. The van der Waals surface area contributed by atoms with Crippen LogP contribution in [-0.4, -0.2) is 11.0 Å². The minimum absolute atomic E-state index is 0.220. The minimum atomic E-state index is -0.452. The fourth-order valence-electron chi connectivity index (χ4n) is 2.73. The van der Waals surface area contributed by atoms with E-state index in [1.807, 2.05) is 0 Å². The summed E-state index contributed by atoms with van der Waals surface area (Å²) in [5.41, 5.74) is 2.86. The van der Waals surface area contributed by atoms with Crippen LogP contribution in [0.5, 0.6) is 0 Å². The zero-order valence-electron chi connectivity index (χ0n) is 14.5. The normalized spacial score (nSPS) is 10.8. The van der Waals surface area contributed by atoms with Gasteiger partial charge in [-0.2, -0.15) is 0 Å². The zero-order valence-corrected chi connectivity index (χ0v) is 16.7. The van der Waals surface area contributed by atoms with Crippen LogP contribution >= 0.6 is 34.8 Å². The molecule has 0 bridgehead atoms.